The van der Waals surface area contributed by atoms with Crippen molar-refractivity contribution in [1.82, 2.24) is 10.2 Å². The number of nitrogens with one attached hydrogen (secondary N) is 1. The number of Topliss-reactive ketones (excluding diaryl/α,β-unsaturated/α-hetero) is 1. The van der Waals surface area contributed by atoms with Crippen LogP contribution in [0.4, 0.5) is 13.2 Å². The Labute approximate surface area is 84.9 Å². The van der Waals surface area contributed by atoms with Crippen LogP contribution in [0, 0.1) is 0 Å². The van der Waals surface area contributed by atoms with Crippen molar-refractivity contribution in [3.63, 3.8) is 0 Å². The van der Waals surface area contributed by atoms with Crippen LogP contribution in [-0.2, 0) is 4.79 Å². The van der Waals surface area contributed by atoms with Crippen LogP contribution < -0.4 is 5.32 Å². The van der Waals surface area contributed by atoms with Gasteiger partial charge in [0.1, 0.15) is 0 Å². The summed E-state index contributed by atoms with van der Waals surface area (Å²) in [5.41, 5.74) is -0.123. The zero-order valence-electron chi connectivity index (χ0n) is 7.97. The Kier molecular flexibility index (Phi) is 2.46. The van der Waals surface area contributed by atoms with Crippen LogP contribution in [0.15, 0.2) is 11.8 Å². The Morgan fingerprint density at radius 2 is 2.27 bits per heavy atom. The van der Waals surface area contributed by atoms with E-state index in [0.717, 1.165) is 6.54 Å². The second-order valence-electron chi connectivity index (χ2n) is 3.73. The molecule has 84 valence electrons. The summed E-state index contributed by atoms with van der Waals surface area (Å²) in [6, 6.07) is 0. The molecule has 1 atom stereocenters. The first-order valence-corrected chi connectivity index (χ1v) is 4.80. The second kappa shape index (κ2) is 3.52. The maximum absolute atomic E-state index is 12.2. The first kappa shape index (κ1) is 10.5. The maximum atomic E-state index is 12.2. The van der Waals surface area contributed by atoms with Crippen LogP contribution >= 0.6 is 0 Å². The van der Waals surface area contributed by atoms with E-state index in [0.29, 0.717) is 13.0 Å². The highest BCUT2D eigenvalue weighted by Crippen LogP contribution is 2.28. The minimum Gasteiger partial charge on any atom is -0.360 e. The van der Waals surface area contributed by atoms with Crippen LogP contribution in [0.2, 0.25) is 0 Å². The average molecular weight is 220 g/mol. The third kappa shape index (κ3) is 1.99. The predicted octanol–water partition coefficient (Wildman–Crippen LogP) is 1.03. The number of hydrogen-bond acceptors (Lipinski definition) is 3. The van der Waals surface area contributed by atoms with Crippen LogP contribution in [-0.4, -0.2) is 36.1 Å². The van der Waals surface area contributed by atoms with Crippen molar-refractivity contribution in [3.05, 3.63) is 11.8 Å². The highest BCUT2D eigenvalue weighted by molar-refractivity contribution is 5.99. The first-order chi connectivity index (χ1) is 6.98. The van der Waals surface area contributed by atoms with Crippen LogP contribution in [0.3, 0.4) is 0 Å². The molecule has 0 aliphatic carbocycles. The number of hydrogen-bond donors (Lipinski definition) is 1. The summed E-state index contributed by atoms with van der Waals surface area (Å²) in [5.74, 6) is -1.70. The fourth-order valence-corrected chi connectivity index (χ4v) is 1.97. The summed E-state index contributed by atoms with van der Waals surface area (Å²) < 4.78 is 36.5. The lowest BCUT2D eigenvalue weighted by Crippen LogP contribution is -2.37. The molecule has 0 radical (unpaired) electrons. The number of fused-ring (bicyclic) bond motifs is 1. The van der Waals surface area contributed by atoms with Crippen molar-refractivity contribution in [1.29, 1.82) is 0 Å². The number of ketones is 1. The number of rotatable bonds is 1. The molecule has 0 saturated carbocycles. The smallest absolute Gasteiger partial charge is 0.360 e. The van der Waals surface area contributed by atoms with Crippen molar-refractivity contribution in [2.24, 2.45) is 0 Å². The van der Waals surface area contributed by atoms with Gasteiger partial charge in [0, 0.05) is 24.9 Å². The van der Waals surface area contributed by atoms with Gasteiger partial charge < -0.3 is 4.90 Å². The van der Waals surface area contributed by atoms with Gasteiger partial charge in [-0.25, -0.2) is 0 Å². The maximum Gasteiger partial charge on any atom is 0.454 e. The van der Waals surface area contributed by atoms with E-state index in [-0.39, 0.29) is 18.2 Å². The molecule has 1 unspecified atom stereocenters. The molecule has 1 N–H and O–H groups in total. The van der Waals surface area contributed by atoms with E-state index >= 15 is 0 Å². The third-order valence-electron chi connectivity index (χ3n) is 2.71. The molecule has 3 nitrogen and oxygen atoms in total. The highest BCUT2D eigenvalue weighted by atomic mass is 19.4. The number of nitrogens with zero attached hydrogens (tertiary/aromatic N) is 1. The Morgan fingerprint density at radius 3 is 2.93 bits per heavy atom. The van der Waals surface area contributed by atoms with E-state index in [1.165, 1.54) is 6.20 Å². The third-order valence-corrected chi connectivity index (χ3v) is 2.71. The van der Waals surface area contributed by atoms with Crippen molar-refractivity contribution in [3.8, 4) is 0 Å². The summed E-state index contributed by atoms with van der Waals surface area (Å²) in [7, 11) is 0. The molecule has 1 saturated heterocycles. The molecule has 0 bridgehead atoms. The molecule has 0 aromatic heterocycles. The number of halogens is 3. The normalized spacial score (nSPS) is 26.2. The van der Waals surface area contributed by atoms with E-state index in [1.54, 1.807) is 4.90 Å². The average Bonchev–Trinajstić information content (AvgIpc) is 2.61. The van der Waals surface area contributed by atoms with Gasteiger partial charge in [-0.3, -0.25) is 10.1 Å². The molecule has 2 heterocycles. The first-order valence-electron chi connectivity index (χ1n) is 4.80. The van der Waals surface area contributed by atoms with Gasteiger partial charge in [0.05, 0.1) is 6.17 Å². The molecule has 1 fully saturated rings. The predicted molar refractivity (Wildman–Crippen MR) is 46.9 cm³/mol. The molecule has 15 heavy (non-hydrogen) atoms. The lowest BCUT2D eigenvalue weighted by Gasteiger charge is -2.28. The van der Waals surface area contributed by atoms with Gasteiger partial charge in [0.15, 0.2) is 0 Å². The molecule has 0 aromatic carbocycles. The zero-order valence-corrected chi connectivity index (χ0v) is 7.97. The Morgan fingerprint density at radius 1 is 1.53 bits per heavy atom. The van der Waals surface area contributed by atoms with E-state index in [9.17, 15) is 18.0 Å². The van der Waals surface area contributed by atoms with E-state index in [2.05, 4.69) is 5.32 Å². The molecule has 0 aromatic rings. The van der Waals surface area contributed by atoms with Crippen molar-refractivity contribution >= 4 is 5.78 Å². The van der Waals surface area contributed by atoms with E-state index in [4.69, 9.17) is 0 Å². The summed E-state index contributed by atoms with van der Waals surface area (Å²) >= 11 is 0. The summed E-state index contributed by atoms with van der Waals surface area (Å²) in [6.07, 6.45) is -2.52. The highest BCUT2D eigenvalue weighted by Gasteiger charge is 2.42. The van der Waals surface area contributed by atoms with Crippen LogP contribution in [0.1, 0.15) is 12.8 Å². The SMILES string of the molecule is O=C(C1=CN2CCNC2CC1)C(F)(F)F. The quantitative estimate of drug-likeness (QED) is 0.716. The Bertz CT molecular complexity index is 311. The molecule has 2 rings (SSSR count). The lowest BCUT2D eigenvalue weighted by molar-refractivity contribution is -0.166. The number of allylic oxidation sites excluding steroid dienone is 1. The lowest BCUT2D eigenvalue weighted by atomic mass is 10.0. The fraction of sp³-hybridized carbons (Fsp3) is 0.667. The van der Waals surface area contributed by atoms with E-state index < -0.39 is 12.0 Å². The minimum absolute atomic E-state index is 0.106. The van der Waals surface area contributed by atoms with Gasteiger partial charge in [0.25, 0.3) is 5.78 Å². The van der Waals surface area contributed by atoms with E-state index in [1.807, 2.05) is 0 Å². The van der Waals surface area contributed by atoms with Crippen LogP contribution in [0.5, 0.6) is 0 Å². The van der Waals surface area contributed by atoms with Gasteiger partial charge >= 0.3 is 6.18 Å². The van der Waals surface area contributed by atoms with Gasteiger partial charge in [-0.05, 0) is 12.8 Å². The van der Waals surface area contributed by atoms with Crippen molar-refractivity contribution < 1.29 is 18.0 Å². The molecular weight excluding hydrogens is 209 g/mol. The summed E-state index contributed by atoms with van der Waals surface area (Å²) in [5, 5.41) is 3.15. The van der Waals surface area contributed by atoms with Gasteiger partial charge in [-0.15, -0.1) is 0 Å². The van der Waals surface area contributed by atoms with Gasteiger partial charge in [-0.2, -0.15) is 13.2 Å². The largest absolute Gasteiger partial charge is 0.454 e. The Hall–Kier alpha value is -1.04. The number of alkyl halides is 3. The van der Waals surface area contributed by atoms with Crippen molar-refractivity contribution in [2.75, 3.05) is 13.1 Å². The fourth-order valence-electron chi connectivity index (χ4n) is 1.97. The monoisotopic (exact) mass is 220 g/mol. The topological polar surface area (TPSA) is 32.3 Å². The summed E-state index contributed by atoms with van der Waals surface area (Å²) in [6.45, 7) is 1.42. The number of carbonyl (C=O) groups excluding carboxylic acids is 1. The molecule has 0 amide bonds. The van der Waals surface area contributed by atoms with Gasteiger partial charge in [0.2, 0.25) is 0 Å². The molecule has 0 spiro atoms. The molecular formula is C9H11F3N2O. The standard InChI is InChI=1S/C9H11F3N2O/c10-9(11,12)8(15)6-1-2-7-13-3-4-14(7)5-6/h5,7,13H,1-4H2. The summed E-state index contributed by atoms with van der Waals surface area (Å²) in [4.78, 5) is 12.7. The zero-order chi connectivity index (χ0) is 11.1. The van der Waals surface area contributed by atoms with Crippen LogP contribution in [0.25, 0.3) is 0 Å². The number of carbonyl (C=O) groups is 1. The molecule has 2 aliphatic heterocycles. The molecule has 2 aliphatic rings. The minimum atomic E-state index is -4.74. The van der Waals surface area contributed by atoms with Gasteiger partial charge in [-0.1, -0.05) is 0 Å². The molecule has 6 heteroatoms. The Balaban J connectivity index is 2.14. The second-order valence-corrected chi connectivity index (χ2v) is 3.73. The van der Waals surface area contributed by atoms with Crippen molar-refractivity contribution in [2.45, 2.75) is 25.2 Å².